The first-order valence-corrected chi connectivity index (χ1v) is 11.6. The van der Waals surface area contributed by atoms with E-state index in [-0.39, 0.29) is 11.4 Å². The van der Waals surface area contributed by atoms with Gasteiger partial charge in [-0.25, -0.2) is 0 Å². The van der Waals surface area contributed by atoms with Crippen molar-refractivity contribution < 1.29 is 32.3 Å². The Hall–Kier alpha value is -4.53. The van der Waals surface area contributed by atoms with Crippen molar-refractivity contribution in [3.05, 3.63) is 111 Å². The molecule has 1 atom stereocenters. The summed E-state index contributed by atoms with van der Waals surface area (Å²) < 4.78 is 54.4. The van der Waals surface area contributed by atoms with Gasteiger partial charge in [0.1, 0.15) is 17.2 Å². The fourth-order valence-electron chi connectivity index (χ4n) is 4.80. The van der Waals surface area contributed by atoms with Crippen LogP contribution in [0.15, 0.2) is 72.8 Å². The summed E-state index contributed by atoms with van der Waals surface area (Å²) in [5.41, 5.74) is 2.64. The van der Waals surface area contributed by atoms with E-state index < -0.39 is 16.9 Å². The van der Waals surface area contributed by atoms with Crippen molar-refractivity contribution in [1.29, 1.82) is 0 Å². The molecule has 38 heavy (non-hydrogen) atoms. The van der Waals surface area contributed by atoms with Gasteiger partial charge in [0.15, 0.2) is 5.60 Å². The molecule has 1 unspecified atom stereocenters. The molecule has 4 aromatic carbocycles. The van der Waals surface area contributed by atoms with Gasteiger partial charge in [0.2, 0.25) is 0 Å². The number of non-ortho nitro benzene ring substituents is 1. The number of hydrogen-bond acceptors (Lipinski definition) is 5. The number of alkyl halides is 3. The van der Waals surface area contributed by atoms with Gasteiger partial charge in [-0.1, -0.05) is 30.3 Å². The van der Waals surface area contributed by atoms with Crippen LogP contribution in [-0.4, -0.2) is 18.4 Å². The molecule has 9 heteroatoms. The lowest BCUT2D eigenvalue weighted by Crippen LogP contribution is -2.34. The molecule has 6 nitrogen and oxygen atoms in total. The minimum absolute atomic E-state index is 0.0343. The Morgan fingerprint density at radius 3 is 2.03 bits per heavy atom. The third kappa shape index (κ3) is 4.30. The molecular weight excluding hydrogens is 499 g/mol. The van der Waals surface area contributed by atoms with E-state index in [4.69, 9.17) is 9.47 Å². The van der Waals surface area contributed by atoms with E-state index in [1.807, 2.05) is 38.1 Å². The van der Waals surface area contributed by atoms with Gasteiger partial charge in [-0.15, -0.1) is 13.2 Å². The molecule has 4 aromatic rings. The second-order valence-electron chi connectivity index (χ2n) is 8.95. The Bertz CT molecular complexity index is 1580. The maximum atomic E-state index is 12.8. The summed E-state index contributed by atoms with van der Waals surface area (Å²) in [7, 11) is 1.55. The zero-order valence-corrected chi connectivity index (χ0v) is 20.6. The molecule has 0 saturated carbocycles. The minimum Gasteiger partial charge on any atom is -0.497 e. The van der Waals surface area contributed by atoms with Gasteiger partial charge in [-0.2, -0.15) is 0 Å². The highest BCUT2D eigenvalue weighted by atomic mass is 19.4. The molecule has 194 valence electrons. The Balaban J connectivity index is 1.72. The molecule has 0 spiro atoms. The van der Waals surface area contributed by atoms with E-state index in [2.05, 4.69) is 4.74 Å². The molecule has 0 N–H and O–H groups in total. The maximum absolute atomic E-state index is 12.8. The highest BCUT2D eigenvalue weighted by molar-refractivity contribution is 5.97. The molecule has 0 amide bonds. The van der Waals surface area contributed by atoms with Gasteiger partial charge in [0.05, 0.1) is 12.0 Å². The number of nitrogens with zero attached hydrogens (tertiary/aromatic N) is 1. The zero-order chi connectivity index (χ0) is 27.2. The van der Waals surface area contributed by atoms with Crippen molar-refractivity contribution in [3.8, 4) is 17.2 Å². The number of methoxy groups -OCH3 is 1. The fraction of sp³-hybridized carbons (Fsp3) is 0.172. The van der Waals surface area contributed by atoms with Crippen LogP contribution >= 0.6 is 0 Å². The van der Waals surface area contributed by atoms with Gasteiger partial charge in [0, 0.05) is 34.2 Å². The van der Waals surface area contributed by atoms with Crippen molar-refractivity contribution in [2.45, 2.75) is 25.8 Å². The first kappa shape index (κ1) is 25.1. The molecule has 1 heterocycles. The number of rotatable bonds is 5. The number of halogens is 3. The second-order valence-corrected chi connectivity index (χ2v) is 8.95. The maximum Gasteiger partial charge on any atom is 0.573 e. The number of nitro benzene ring substituents is 1. The SMILES string of the molecule is COc1ccc(C2(c3ccc(OC(F)(F)F)cc3)C=Cc3c(C)c(C)c4cc([N+](=O)[O-])ccc4c3O2)cc1. The van der Waals surface area contributed by atoms with E-state index in [1.54, 1.807) is 25.3 Å². The summed E-state index contributed by atoms with van der Waals surface area (Å²) >= 11 is 0. The van der Waals surface area contributed by atoms with E-state index in [0.717, 1.165) is 16.7 Å². The normalized spacial score (nSPS) is 16.6. The lowest BCUT2D eigenvalue weighted by atomic mass is 9.82. The van der Waals surface area contributed by atoms with Crippen LogP contribution in [0, 0.1) is 24.0 Å². The van der Waals surface area contributed by atoms with E-state index in [9.17, 15) is 23.3 Å². The molecule has 1 aliphatic heterocycles. The van der Waals surface area contributed by atoms with E-state index >= 15 is 0 Å². The van der Waals surface area contributed by atoms with Gasteiger partial charge in [-0.05, 0) is 66.8 Å². The molecule has 0 radical (unpaired) electrons. The van der Waals surface area contributed by atoms with Crippen LogP contribution < -0.4 is 14.2 Å². The quantitative estimate of drug-likeness (QED) is 0.200. The van der Waals surface area contributed by atoms with Crippen LogP contribution in [-0.2, 0) is 5.60 Å². The summed E-state index contributed by atoms with van der Waals surface area (Å²) in [5.74, 6) is 0.796. The van der Waals surface area contributed by atoms with Crippen LogP contribution in [0.25, 0.3) is 16.8 Å². The summed E-state index contributed by atoms with van der Waals surface area (Å²) in [5, 5.41) is 12.8. The first-order valence-electron chi connectivity index (χ1n) is 11.6. The molecule has 0 aromatic heterocycles. The van der Waals surface area contributed by atoms with E-state index in [0.29, 0.717) is 33.4 Å². The lowest BCUT2D eigenvalue weighted by molar-refractivity contribution is -0.384. The smallest absolute Gasteiger partial charge is 0.497 e. The van der Waals surface area contributed by atoms with Crippen LogP contribution in [0.4, 0.5) is 18.9 Å². The van der Waals surface area contributed by atoms with Gasteiger partial charge < -0.3 is 14.2 Å². The van der Waals surface area contributed by atoms with Crippen molar-refractivity contribution in [1.82, 2.24) is 0 Å². The zero-order valence-electron chi connectivity index (χ0n) is 20.6. The third-order valence-electron chi connectivity index (χ3n) is 6.86. The fourth-order valence-corrected chi connectivity index (χ4v) is 4.80. The number of hydrogen-bond donors (Lipinski definition) is 0. The van der Waals surface area contributed by atoms with Gasteiger partial charge >= 0.3 is 6.36 Å². The molecular formula is C29H22F3NO5. The summed E-state index contributed by atoms with van der Waals surface area (Å²) in [6, 6.07) is 17.3. The number of fused-ring (bicyclic) bond motifs is 3. The van der Waals surface area contributed by atoms with Gasteiger partial charge in [-0.3, -0.25) is 10.1 Å². The Kier molecular flexibility index (Phi) is 6.01. The van der Waals surface area contributed by atoms with Gasteiger partial charge in [0.25, 0.3) is 5.69 Å². The topological polar surface area (TPSA) is 70.8 Å². The van der Waals surface area contributed by atoms with Crippen molar-refractivity contribution in [2.24, 2.45) is 0 Å². The van der Waals surface area contributed by atoms with E-state index in [1.165, 1.54) is 36.4 Å². The highest BCUT2D eigenvalue weighted by Gasteiger charge is 2.39. The monoisotopic (exact) mass is 521 g/mol. The Labute approximate surface area is 216 Å². The Morgan fingerprint density at radius 1 is 0.868 bits per heavy atom. The summed E-state index contributed by atoms with van der Waals surface area (Å²) in [6.45, 7) is 3.82. The number of benzene rings is 4. The standard InChI is InChI=1S/C29H22F3NO5/c1-17-18(2)26-16-21(33(34)35)8-13-25(26)27-24(17)14-15-28(38-27,19-4-9-22(36-3)10-5-19)20-6-11-23(12-7-20)37-29(30,31)32/h4-16H,1-3H3. The van der Waals surface area contributed by atoms with Crippen molar-refractivity contribution in [3.63, 3.8) is 0 Å². The number of aryl methyl sites for hydroxylation is 1. The number of nitro groups is 1. The van der Waals surface area contributed by atoms with Crippen molar-refractivity contribution >= 4 is 22.5 Å². The highest BCUT2D eigenvalue weighted by Crippen LogP contribution is 2.48. The molecule has 1 aliphatic rings. The first-order chi connectivity index (χ1) is 18.0. The molecule has 5 rings (SSSR count). The number of ether oxygens (including phenoxy) is 3. The largest absolute Gasteiger partial charge is 0.573 e. The predicted octanol–water partition coefficient (Wildman–Crippen LogP) is 7.62. The van der Waals surface area contributed by atoms with Crippen LogP contribution in [0.1, 0.15) is 27.8 Å². The van der Waals surface area contributed by atoms with Crippen molar-refractivity contribution in [2.75, 3.05) is 7.11 Å². The molecule has 0 bridgehead atoms. The molecule has 0 fully saturated rings. The second kappa shape index (κ2) is 9.09. The summed E-state index contributed by atoms with van der Waals surface area (Å²) in [6.07, 6.45) is -1.03. The Morgan fingerprint density at radius 2 is 1.47 bits per heavy atom. The molecule has 0 aliphatic carbocycles. The minimum atomic E-state index is -4.81. The average molecular weight is 521 g/mol. The predicted molar refractivity (Wildman–Crippen MR) is 137 cm³/mol. The average Bonchev–Trinajstić information content (AvgIpc) is 2.90. The van der Waals surface area contributed by atoms with Crippen LogP contribution in [0.2, 0.25) is 0 Å². The lowest BCUT2D eigenvalue weighted by Gasteiger charge is -2.37. The van der Waals surface area contributed by atoms with Crippen LogP contribution in [0.5, 0.6) is 17.2 Å². The molecule has 0 saturated heterocycles. The third-order valence-corrected chi connectivity index (χ3v) is 6.86. The summed E-state index contributed by atoms with van der Waals surface area (Å²) in [4.78, 5) is 11.0. The van der Waals surface area contributed by atoms with Crippen LogP contribution in [0.3, 0.4) is 0 Å².